The highest BCUT2D eigenvalue weighted by Crippen LogP contribution is 2.31. The fourth-order valence-corrected chi connectivity index (χ4v) is 3.09. The molecule has 1 heterocycles. The van der Waals surface area contributed by atoms with Gasteiger partial charge in [-0.05, 0) is 56.5 Å². The summed E-state index contributed by atoms with van der Waals surface area (Å²) in [6, 6.07) is 15.4. The molecule has 0 aliphatic carbocycles. The third kappa shape index (κ3) is 5.25. The molecular weight excluding hydrogens is 356 g/mol. The van der Waals surface area contributed by atoms with Crippen LogP contribution in [0.15, 0.2) is 48.5 Å². The van der Waals surface area contributed by atoms with Gasteiger partial charge in [-0.3, -0.25) is 4.79 Å². The standard InChI is InChI=1S/C22H26N2O4/c1-22(2,3)28-21(26)23-11-12-27-16-9-10-17-18(14-16)19(24-20(17)25)13-15-7-5-4-6-8-15/h4-10,14,19H,11-13H2,1-3H3,(H,23,26)(H,24,25). The molecule has 1 aliphatic rings. The number of hydrogen-bond donors (Lipinski definition) is 2. The number of fused-ring (bicyclic) bond motifs is 1. The van der Waals surface area contributed by atoms with Gasteiger partial charge in [0, 0.05) is 5.56 Å². The van der Waals surface area contributed by atoms with E-state index in [2.05, 4.69) is 10.6 Å². The number of ether oxygens (including phenoxy) is 2. The maximum Gasteiger partial charge on any atom is 0.407 e. The molecule has 0 aromatic heterocycles. The quantitative estimate of drug-likeness (QED) is 0.748. The molecule has 1 atom stereocenters. The minimum absolute atomic E-state index is 0.0610. The van der Waals surface area contributed by atoms with Crippen molar-refractivity contribution in [1.29, 1.82) is 0 Å². The predicted molar refractivity (Wildman–Crippen MR) is 107 cm³/mol. The highest BCUT2D eigenvalue weighted by atomic mass is 16.6. The van der Waals surface area contributed by atoms with E-state index in [4.69, 9.17) is 9.47 Å². The van der Waals surface area contributed by atoms with Crippen LogP contribution in [-0.4, -0.2) is 30.8 Å². The zero-order chi connectivity index (χ0) is 20.1. The summed E-state index contributed by atoms with van der Waals surface area (Å²) < 4.78 is 10.9. The second-order valence-electron chi connectivity index (χ2n) is 7.74. The van der Waals surface area contributed by atoms with Crippen LogP contribution < -0.4 is 15.4 Å². The van der Waals surface area contributed by atoms with Crippen molar-refractivity contribution in [1.82, 2.24) is 10.6 Å². The van der Waals surface area contributed by atoms with Gasteiger partial charge in [-0.25, -0.2) is 4.79 Å². The highest BCUT2D eigenvalue weighted by molar-refractivity contribution is 5.99. The third-order valence-electron chi connectivity index (χ3n) is 4.27. The summed E-state index contributed by atoms with van der Waals surface area (Å²) in [6.45, 7) is 6.08. The van der Waals surface area contributed by atoms with Crippen molar-refractivity contribution in [3.63, 3.8) is 0 Å². The lowest BCUT2D eigenvalue weighted by Gasteiger charge is -2.19. The summed E-state index contributed by atoms with van der Waals surface area (Å²) in [5.74, 6) is 0.605. The number of nitrogens with one attached hydrogen (secondary N) is 2. The van der Waals surface area contributed by atoms with Crippen LogP contribution in [0, 0.1) is 0 Å². The molecular formula is C22H26N2O4. The normalized spacial score (nSPS) is 15.5. The molecule has 2 amide bonds. The Morgan fingerprint density at radius 1 is 1.14 bits per heavy atom. The van der Waals surface area contributed by atoms with Gasteiger partial charge in [0.2, 0.25) is 0 Å². The fraction of sp³-hybridized carbons (Fsp3) is 0.364. The lowest BCUT2D eigenvalue weighted by molar-refractivity contribution is 0.0520. The van der Waals surface area contributed by atoms with Gasteiger partial charge in [-0.1, -0.05) is 30.3 Å². The van der Waals surface area contributed by atoms with Crippen LogP contribution in [-0.2, 0) is 11.2 Å². The monoisotopic (exact) mass is 382 g/mol. The molecule has 2 N–H and O–H groups in total. The minimum atomic E-state index is -0.530. The number of carbonyl (C=O) groups is 2. The number of carbonyl (C=O) groups excluding carboxylic acids is 2. The van der Waals surface area contributed by atoms with Crippen molar-refractivity contribution in [3.8, 4) is 5.75 Å². The van der Waals surface area contributed by atoms with Gasteiger partial charge in [0.05, 0.1) is 12.6 Å². The van der Waals surface area contributed by atoms with Crippen LogP contribution in [0.2, 0.25) is 0 Å². The molecule has 2 aromatic rings. The Bertz CT molecular complexity index is 843. The Balaban J connectivity index is 1.57. The van der Waals surface area contributed by atoms with E-state index in [1.54, 1.807) is 12.1 Å². The summed E-state index contributed by atoms with van der Waals surface area (Å²) >= 11 is 0. The molecule has 0 bridgehead atoms. The molecule has 1 unspecified atom stereocenters. The van der Waals surface area contributed by atoms with E-state index in [1.807, 2.05) is 57.2 Å². The van der Waals surface area contributed by atoms with Gasteiger partial charge in [0.25, 0.3) is 5.91 Å². The van der Waals surface area contributed by atoms with E-state index >= 15 is 0 Å². The predicted octanol–water partition coefficient (Wildman–Crippen LogP) is 3.62. The van der Waals surface area contributed by atoms with Gasteiger partial charge in [0.1, 0.15) is 18.0 Å². The zero-order valence-electron chi connectivity index (χ0n) is 16.5. The van der Waals surface area contributed by atoms with E-state index in [1.165, 1.54) is 0 Å². The molecule has 28 heavy (non-hydrogen) atoms. The second kappa shape index (κ2) is 8.33. The van der Waals surface area contributed by atoms with Crippen LogP contribution in [0.3, 0.4) is 0 Å². The molecule has 0 fully saturated rings. The molecule has 3 rings (SSSR count). The summed E-state index contributed by atoms with van der Waals surface area (Å²) in [4.78, 5) is 23.9. The van der Waals surface area contributed by atoms with Crippen LogP contribution in [0.25, 0.3) is 0 Å². The van der Waals surface area contributed by atoms with Crippen LogP contribution in [0.1, 0.15) is 48.3 Å². The number of hydrogen-bond acceptors (Lipinski definition) is 4. The molecule has 6 heteroatoms. The van der Waals surface area contributed by atoms with Crippen molar-refractivity contribution in [2.45, 2.75) is 38.8 Å². The van der Waals surface area contributed by atoms with Gasteiger partial charge in [-0.2, -0.15) is 0 Å². The Hall–Kier alpha value is -3.02. The second-order valence-corrected chi connectivity index (χ2v) is 7.74. The van der Waals surface area contributed by atoms with Crippen molar-refractivity contribution >= 4 is 12.0 Å². The first-order chi connectivity index (χ1) is 13.3. The summed E-state index contributed by atoms with van der Waals surface area (Å²) in [5, 5.41) is 5.69. The summed E-state index contributed by atoms with van der Waals surface area (Å²) in [7, 11) is 0. The fourth-order valence-electron chi connectivity index (χ4n) is 3.09. The van der Waals surface area contributed by atoms with E-state index in [0.29, 0.717) is 24.5 Å². The van der Waals surface area contributed by atoms with Crippen molar-refractivity contribution in [3.05, 3.63) is 65.2 Å². The summed E-state index contributed by atoms with van der Waals surface area (Å²) in [5.41, 5.74) is 2.25. The molecule has 148 valence electrons. The SMILES string of the molecule is CC(C)(C)OC(=O)NCCOc1ccc2c(c1)C(Cc1ccccc1)NC2=O. The zero-order valence-corrected chi connectivity index (χ0v) is 16.5. The summed E-state index contributed by atoms with van der Waals surface area (Å²) in [6.07, 6.45) is 0.256. The van der Waals surface area contributed by atoms with Gasteiger partial charge in [0.15, 0.2) is 0 Å². The van der Waals surface area contributed by atoms with E-state index in [-0.39, 0.29) is 11.9 Å². The minimum Gasteiger partial charge on any atom is -0.492 e. The molecule has 0 saturated carbocycles. The topological polar surface area (TPSA) is 76.7 Å². The maximum atomic E-state index is 12.2. The highest BCUT2D eigenvalue weighted by Gasteiger charge is 2.29. The van der Waals surface area contributed by atoms with Gasteiger partial charge >= 0.3 is 6.09 Å². The van der Waals surface area contributed by atoms with E-state index < -0.39 is 11.7 Å². The van der Waals surface area contributed by atoms with E-state index in [9.17, 15) is 9.59 Å². The average molecular weight is 382 g/mol. The lowest BCUT2D eigenvalue weighted by Crippen LogP contribution is -2.34. The first-order valence-electron chi connectivity index (χ1n) is 9.40. The molecule has 0 spiro atoms. The number of benzene rings is 2. The van der Waals surface area contributed by atoms with Crippen molar-refractivity contribution in [2.24, 2.45) is 0 Å². The van der Waals surface area contributed by atoms with E-state index in [0.717, 1.165) is 17.5 Å². The van der Waals surface area contributed by atoms with Crippen molar-refractivity contribution in [2.75, 3.05) is 13.2 Å². The molecule has 0 radical (unpaired) electrons. The van der Waals surface area contributed by atoms with Gasteiger partial charge in [-0.15, -0.1) is 0 Å². The number of amides is 2. The van der Waals surface area contributed by atoms with Crippen LogP contribution in [0.5, 0.6) is 5.75 Å². The number of alkyl carbamates (subject to hydrolysis) is 1. The lowest BCUT2D eigenvalue weighted by atomic mass is 9.98. The molecule has 2 aromatic carbocycles. The Morgan fingerprint density at radius 3 is 2.61 bits per heavy atom. The van der Waals surface area contributed by atoms with Crippen LogP contribution >= 0.6 is 0 Å². The first-order valence-corrected chi connectivity index (χ1v) is 9.40. The first kappa shape index (κ1) is 19.7. The molecule has 1 aliphatic heterocycles. The number of rotatable bonds is 6. The Labute approximate surface area is 165 Å². The average Bonchev–Trinajstić information content (AvgIpc) is 2.93. The maximum absolute atomic E-state index is 12.2. The smallest absolute Gasteiger partial charge is 0.407 e. The van der Waals surface area contributed by atoms with Crippen molar-refractivity contribution < 1.29 is 19.1 Å². The third-order valence-corrected chi connectivity index (χ3v) is 4.27. The van der Waals surface area contributed by atoms with Crippen LogP contribution in [0.4, 0.5) is 4.79 Å². The Morgan fingerprint density at radius 2 is 1.89 bits per heavy atom. The largest absolute Gasteiger partial charge is 0.492 e. The molecule has 6 nitrogen and oxygen atoms in total. The molecule has 0 saturated heterocycles. The van der Waals surface area contributed by atoms with Gasteiger partial charge < -0.3 is 20.1 Å². The Kier molecular flexibility index (Phi) is 5.87.